The molecule has 1 fully saturated rings. The number of imide groups is 1. The minimum atomic E-state index is -1.37. The van der Waals surface area contributed by atoms with Crippen LogP contribution in [-0.2, 0) is 21.7 Å². The molecule has 0 aromatic heterocycles. The molecule has 0 unspecified atom stereocenters. The molecule has 10 heteroatoms. The Balaban J connectivity index is 1.49. The maximum atomic E-state index is 14.0. The maximum absolute atomic E-state index is 14.0. The maximum Gasteiger partial charge on any atom is 0.325 e. The molecule has 0 aliphatic carbocycles. The molecule has 0 radical (unpaired) electrons. The molecule has 32 heavy (non-hydrogen) atoms. The van der Waals surface area contributed by atoms with Gasteiger partial charge >= 0.3 is 6.03 Å². The van der Waals surface area contributed by atoms with Crippen molar-refractivity contribution in [2.45, 2.75) is 19.0 Å². The zero-order valence-electron chi connectivity index (χ0n) is 17.5. The van der Waals surface area contributed by atoms with Gasteiger partial charge in [-0.05, 0) is 36.8 Å². The fraction of sp³-hybridized carbons (Fsp3) is 0.318. The molecule has 8 nitrogen and oxygen atoms in total. The van der Waals surface area contributed by atoms with Crippen LogP contribution in [-0.4, -0.2) is 54.5 Å². The van der Waals surface area contributed by atoms with E-state index in [0.717, 1.165) is 4.90 Å². The Kier molecular flexibility index (Phi) is 5.68. The lowest BCUT2D eigenvalue weighted by atomic mass is 9.91. The Bertz CT molecular complexity index is 1090. The number of fused-ring (bicyclic) bond motifs is 1. The van der Waals surface area contributed by atoms with Crippen molar-refractivity contribution >= 4 is 29.4 Å². The molecule has 1 N–H and O–H groups in total. The van der Waals surface area contributed by atoms with Crippen LogP contribution in [0.4, 0.5) is 9.18 Å². The smallest absolute Gasteiger partial charge is 0.325 e. The first-order valence-corrected chi connectivity index (χ1v) is 10.3. The van der Waals surface area contributed by atoms with Crippen molar-refractivity contribution in [2.24, 2.45) is 0 Å². The van der Waals surface area contributed by atoms with Crippen molar-refractivity contribution < 1.29 is 28.2 Å². The largest absolute Gasteiger partial charge is 0.486 e. The van der Waals surface area contributed by atoms with E-state index in [-0.39, 0.29) is 17.1 Å². The predicted molar refractivity (Wildman–Crippen MR) is 113 cm³/mol. The second-order valence-electron chi connectivity index (χ2n) is 7.75. The first-order valence-electron chi connectivity index (χ1n) is 9.92. The van der Waals surface area contributed by atoms with Crippen LogP contribution in [0.15, 0.2) is 36.4 Å². The first kappa shape index (κ1) is 21.9. The van der Waals surface area contributed by atoms with Crippen LogP contribution in [0.3, 0.4) is 0 Å². The Morgan fingerprint density at radius 1 is 1.22 bits per heavy atom. The zero-order chi connectivity index (χ0) is 23.0. The zero-order valence-corrected chi connectivity index (χ0v) is 18.2. The van der Waals surface area contributed by atoms with E-state index in [1.54, 1.807) is 25.1 Å². The Morgan fingerprint density at radius 3 is 2.66 bits per heavy atom. The standard InChI is InChI=1S/C22H21ClFN3O5/c1-22(13-6-7-17-18(10-13)32-9-8-31-17)20(29)27(21(30)25-22)12-19(28)26(2)11-14-15(23)4-3-5-16(14)24/h3-7,10H,8-9,11-12H2,1-2H3,(H,25,30)/t22-/m1/s1. The van der Waals surface area contributed by atoms with Crippen molar-refractivity contribution in [1.29, 1.82) is 0 Å². The van der Waals surface area contributed by atoms with Gasteiger partial charge in [-0.2, -0.15) is 0 Å². The third-order valence-electron chi connectivity index (χ3n) is 5.57. The normalized spacial score (nSPS) is 19.7. The van der Waals surface area contributed by atoms with Crippen molar-refractivity contribution in [3.8, 4) is 11.5 Å². The highest BCUT2D eigenvalue weighted by Gasteiger charge is 2.50. The van der Waals surface area contributed by atoms with E-state index in [1.165, 1.54) is 30.1 Å². The van der Waals surface area contributed by atoms with E-state index in [9.17, 15) is 18.8 Å². The number of ether oxygens (including phenoxy) is 2. The van der Waals surface area contributed by atoms with Gasteiger partial charge in [-0.1, -0.05) is 23.7 Å². The first-order chi connectivity index (χ1) is 15.2. The molecule has 2 aromatic carbocycles. The number of carbonyl (C=O) groups is 3. The number of nitrogens with zero attached hydrogens (tertiary/aromatic N) is 2. The van der Waals surface area contributed by atoms with Crippen LogP contribution in [0.5, 0.6) is 11.5 Å². The summed E-state index contributed by atoms with van der Waals surface area (Å²) in [6.45, 7) is 1.78. The molecule has 1 saturated heterocycles. The highest BCUT2D eigenvalue weighted by Crippen LogP contribution is 2.36. The third kappa shape index (κ3) is 3.84. The van der Waals surface area contributed by atoms with Gasteiger partial charge in [-0.25, -0.2) is 9.18 Å². The van der Waals surface area contributed by atoms with Gasteiger partial charge in [0.15, 0.2) is 11.5 Å². The molecule has 4 amide bonds. The minimum absolute atomic E-state index is 0.104. The number of halogens is 2. The molecular weight excluding hydrogens is 441 g/mol. The van der Waals surface area contributed by atoms with E-state index < -0.39 is 35.7 Å². The highest BCUT2D eigenvalue weighted by atomic mass is 35.5. The number of benzene rings is 2. The number of hydrogen-bond acceptors (Lipinski definition) is 5. The summed E-state index contributed by atoms with van der Waals surface area (Å²) in [6.07, 6.45) is 0. The van der Waals surface area contributed by atoms with Crippen LogP contribution in [0.1, 0.15) is 18.1 Å². The summed E-state index contributed by atoms with van der Waals surface area (Å²) in [5.74, 6) is -0.628. The SMILES string of the molecule is CN(Cc1c(F)cccc1Cl)C(=O)CN1C(=O)N[C@](C)(c2ccc3c(c2)OCCO3)C1=O. The quantitative estimate of drug-likeness (QED) is 0.692. The van der Waals surface area contributed by atoms with Crippen molar-refractivity contribution in [2.75, 3.05) is 26.8 Å². The van der Waals surface area contributed by atoms with E-state index in [4.69, 9.17) is 21.1 Å². The van der Waals surface area contributed by atoms with Gasteiger partial charge in [-0.15, -0.1) is 0 Å². The Labute approximate surface area is 188 Å². The number of amides is 4. The summed E-state index contributed by atoms with van der Waals surface area (Å²) >= 11 is 6.02. The van der Waals surface area contributed by atoms with E-state index in [1.807, 2.05) is 0 Å². The average Bonchev–Trinajstić information content (AvgIpc) is 2.99. The van der Waals surface area contributed by atoms with Gasteiger partial charge in [0, 0.05) is 24.2 Å². The topological polar surface area (TPSA) is 88.2 Å². The molecular formula is C22H21ClFN3O5. The van der Waals surface area contributed by atoms with Gasteiger partial charge in [-0.3, -0.25) is 14.5 Å². The van der Waals surface area contributed by atoms with Crippen molar-refractivity contribution in [3.05, 3.63) is 58.4 Å². The van der Waals surface area contributed by atoms with Gasteiger partial charge in [0.25, 0.3) is 5.91 Å². The molecule has 2 aliphatic heterocycles. The van der Waals surface area contributed by atoms with Crippen LogP contribution < -0.4 is 14.8 Å². The van der Waals surface area contributed by atoms with Crippen LogP contribution >= 0.6 is 11.6 Å². The number of carbonyl (C=O) groups excluding carboxylic acids is 3. The van der Waals surface area contributed by atoms with E-state index in [0.29, 0.717) is 30.3 Å². The molecule has 0 spiro atoms. The molecule has 1 atom stereocenters. The highest BCUT2D eigenvalue weighted by molar-refractivity contribution is 6.31. The summed E-state index contributed by atoms with van der Waals surface area (Å²) in [4.78, 5) is 40.5. The Morgan fingerprint density at radius 2 is 1.94 bits per heavy atom. The van der Waals surface area contributed by atoms with Gasteiger partial charge < -0.3 is 19.7 Å². The lowest BCUT2D eigenvalue weighted by Gasteiger charge is -2.25. The fourth-order valence-corrected chi connectivity index (χ4v) is 3.88. The molecule has 0 saturated carbocycles. The lowest BCUT2D eigenvalue weighted by Crippen LogP contribution is -2.43. The van der Waals surface area contributed by atoms with Gasteiger partial charge in [0.1, 0.15) is 31.1 Å². The number of hydrogen-bond donors (Lipinski definition) is 1. The summed E-state index contributed by atoms with van der Waals surface area (Å²) in [5, 5.41) is 2.84. The van der Waals surface area contributed by atoms with Gasteiger partial charge in [0.05, 0.1) is 0 Å². The summed E-state index contributed by atoms with van der Waals surface area (Å²) in [6, 6.07) is 8.53. The van der Waals surface area contributed by atoms with Gasteiger partial charge in [0.2, 0.25) is 5.91 Å². The number of rotatable bonds is 5. The molecule has 4 rings (SSSR count). The molecule has 2 heterocycles. The summed E-state index contributed by atoms with van der Waals surface area (Å²) in [7, 11) is 1.45. The lowest BCUT2D eigenvalue weighted by molar-refractivity contribution is -0.138. The van der Waals surface area contributed by atoms with Crippen LogP contribution in [0.25, 0.3) is 0 Å². The molecule has 2 aromatic rings. The third-order valence-corrected chi connectivity index (χ3v) is 5.92. The summed E-state index contributed by atoms with van der Waals surface area (Å²) < 4.78 is 25.1. The second-order valence-corrected chi connectivity index (χ2v) is 8.16. The fourth-order valence-electron chi connectivity index (χ4n) is 3.66. The monoisotopic (exact) mass is 461 g/mol. The number of likely N-dealkylation sites (N-methyl/N-ethyl adjacent to an activating group) is 1. The average molecular weight is 462 g/mol. The van der Waals surface area contributed by atoms with Crippen LogP contribution in [0.2, 0.25) is 5.02 Å². The minimum Gasteiger partial charge on any atom is -0.486 e. The predicted octanol–water partition coefficient (Wildman–Crippen LogP) is 2.68. The molecule has 168 valence electrons. The van der Waals surface area contributed by atoms with E-state index in [2.05, 4.69) is 5.32 Å². The van der Waals surface area contributed by atoms with Crippen molar-refractivity contribution in [3.63, 3.8) is 0 Å². The Hall–Kier alpha value is -3.33. The number of nitrogens with one attached hydrogen (secondary N) is 1. The van der Waals surface area contributed by atoms with E-state index >= 15 is 0 Å². The summed E-state index contributed by atoms with van der Waals surface area (Å²) in [5.41, 5.74) is -0.717. The van der Waals surface area contributed by atoms with Crippen molar-refractivity contribution in [1.82, 2.24) is 15.1 Å². The molecule has 2 aliphatic rings. The van der Waals surface area contributed by atoms with Crippen LogP contribution in [0, 0.1) is 5.82 Å². The number of urea groups is 1. The molecule has 0 bridgehead atoms. The second kappa shape index (κ2) is 8.31.